The quantitative estimate of drug-likeness (QED) is 0.190. The summed E-state index contributed by atoms with van der Waals surface area (Å²) in [6.45, 7) is 26.1. The maximum Gasteiger partial charge on any atom is 0.224 e. The Balaban J connectivity index is 1.66. The van der Waals surface area contributed by atoms with Crippen LogP contribution in [0.3, 0.4) is 0 Å². The topological polar surface area (TPSA) is 16.8 Å². The van der Waals surface area contributed by atoms with Crippen molar-refractivity contribution in [1.82, 2.24) is 4.98 Å². The number of nitrogens with zero attached hydrogens (tertiary/aromatic N) is 2. The first-order chi connectivity index (χ1) is 21.8. The summed E-state index contributed by atoms with van der Waals surface area (Å²) in [5.41, 5.74) is 15.4. The number of allylic oxidation sites excluding steroid dienone is 4. The van der Waals surface area contributed by atoms with Gasteiger partial charge >= 0.3 is 0 Å². The van der Waals surface area contributed by atoms with Crippen molar-refractivity contribution in [3.63, 3.8) is 0 Å². The highest BCUT2D eigenvalue weighted by Crippen LogP contribution is 2.58. The zero-order valence-corrected chi connectivity index (χ0v) is 30.4. The summed E-state index contributed by atoms with van der Waals surface area (Å²) in [4.78, 5) is 5.39. The number of fused-ring (bicyclic) bond motifs is 4. The molecule has 0 saturated heterocycles. The molecule has 0 fully saturated rings. The van der Waals surface area contributed by atoms with E-state index in [1.165, 1.54) is 86.6 Å². The third kappa shape index (κ3) is 4.41. The van der Waals surface area contributed by atoms with Crippen LogP contribution in [0.15, 0.2) is 59.8 Å². The van der Waals surface area contributed by atoms with E-state index in [2.05, 4.69) is 129 Å². The van der Waals surface area contributed by atoms with Crippen molar-refractivity contribution in [2.24, 2.45) is 17.3 Å². The summed E-state index contributed by atoms with van der Waals surface area (Å²) in [6, 6.07) is 12.3. The zero-order chi connectivity index (χ0) is 32.9. The minimum absolute atomic E-state index is 0.167. The van der Waals surface area contributed by atoms with E-state index in [0.717, 1.165) is 18.4 Å². The van der Waals surface area contributed by atoms with Crippen molar-refractivity contribution in [3.8, 4) is 11.3 Å². The Morgan fingerprint density at radius 1 is 0.870 bits per heavy atom. The largest absolute Gasteiger partial charge is 0.252 e. The molecule has 3 heterocycles. The number of hydrogen-bond acceptors (Lipinski definition) is 1. The van der Waals surface area contributed by atoms with E-state index < -0.39 is 0 Å². The van der Waals surface area contributed by atoms with Gasteiger partial charge in [-0.05, 0) is 114 Å². The summed E-state index contributed by atoms with van der Waals surface area (Å²) in [7, 11) is 0. The first-order valence-electron chi connectivity index (χ1n) is 18.2. The Labute approximate surface area is 278 Å². The molecule has 3 aliphatic rings. The highest BCUT2D eigenvalue weighted by Gasteiger charge is 2.57. The van der Waals surface area contributed by atoms with Crippen molar-refractivity contribution >= 4 is 21.7 Å². The molecule has 0 radical (unpaired) electrons. The van der Waals surface area contributed by atoms with Crippen LogP contribution in [0.4, 0.5) is 0 Å². The van der Waals surface area contributed by atoms with Crippen LogP contribution in [0.2, 0.25) is 0 Å². The molecule has 0 amide bonds. The van der Waals surface area contributed by atoms with E-state index in [1.54, 1.807) is 11.1 Å². The Hall–Kier alpha value is -3.26. The standard InChI is InChI=1S/C44H55N2/c1-12-28(13-2)30-20-31(29(14-3)15-4)24-44(23-30)36-22-33-27(6)18-26(5)19-34(33)40-39(36)41-38-35(43(40,10)11)21-32(25-42(7,8)9)45-37(38)16-17-46(41)44/h16-23,28-29H,12-15,24-25H2,1-11H3/q+1. The third-order valence-electron chi connectivity index (χ3n) is 11.9. The van der Waals surface area contributed by atoms with Gasteiger partial charge in [0.25, 0.3) is 0 Å². The Kier molecular flexibility index (Phi) is 7.24. The number of benzene rings is 2. The predicted octanol–water partition coefficient (Wildman–Crippen LogP) is 11.4. The Morgan fingerprint density at radius 3 is 2.22 bits per heavy atom. The molecule has 1 atom stereocenters. The van der Waals surface area contributed by atoms with Crippen LogP contribution in [0.1, 0.15) is 128 Å². The van der Waals surface area contributed by atoms with Crippen LogP contribution in [-0.2, 0) is 17.4 Å². The molecule has 2 aromatic heterocycles. The van der Waals surface area contributed by atoms with Crippen LogP contribution < -0.4 is 4.57 Å². The van der Waals surface area contributed by atoms with Crippen molar-refractivity contribution < 1.29 is 4.57 Å². The summed E-state index contributed by atoms with van der Waals surface area (Å²) in [5, 5.41) is 4.22. The summed E-state index contributed by atoms with van der Waals surface area (Å²) < 4.78 is 2.71. The third-order valence-corrected chi connectivity index (χ3v) is 11.9. The SMILES string of the molecule is CCC(CC)C1=CC2(CC(C(CC)CC)=C1)c1cc3c(C)cc(C)cc3c3c1-c1c4c(cc(CC(C)(C)C)nc4cc[n+]12)C3(C)C. The van der Waals surface area contributed by atoms with Gasteiger partial charge in [0.05, 0.1) is 16.5 Å². The van der Waals surface area contributed by atoms with Gasteiger partial charge in [-0.1, -0.05) is 91.7 Å². The van der Waals surface area contributed by atoms with Crippen molar-refractivity contribution in [2.75, 3.05) is 0 Å². The van der Waals surface area contributed by atoms with E-state index in [-0.39, 0.29) is 16.4 Å². The fourth-order valence-corrected chi connectivity index (χ4v) is 9.74. The molecule has 240 valence electrons. The van der Waals surface area contributed by atoms with Crippen LogP contribution in [-0.4, -0.2) is 4.98 Å². The van der Waals surface area contributed by atoms with Gasteiger partial charge in [-0.15, -0.1) is 0 Å². The highest BCUT2D eigenvalue weighted by molar-refractivity contribution is 6.06. The molecule has 1 unspecified atom stereocenters. The molecule has 0 saturated carbocycles. The molecule has 2 aliphatic carbocycles. The lowest BCUT2D eigenvalue weighted by Gasteiger charge is -2.35. The first kappa shape index (κ1) is 31.3. The predicted molar refractivity (Wildman–Crippen MR) is 196 cm³/mol. The molecule has 0 N–H and O–H groups in total. The zero-order valence-electron chi connectivity index (χ0n) is 30.4. The number of hydrogen-bond donors (Lipinski definition) is 0. The summed E-state index contributed by atoms with van der Waals surface area (Å²) in [5.74, 6) is 1.17. The second-order valence-electron chi connectivity index (χ2n) is 16.7. The lowest BCUT2D eigenvalue weighted by molar-refractivity contribution is -0.726. The van der Waals surface area contributed by atoms with E-state index in [0.29, 0.717) is 11.8 Å². The van der Waals surface area contributed by atoms with Gasteiger partial charge in [-0.3, -0.25) is 4.98 Å². The van der Waals surface area contributed by atoms with Gasteiger partial charge in [0.1, 0.15) is 0 Å². The van der Waals surface area contributed by atoms with Gasteiger partial charge in [0, 0.05) is 29.2 Å². The fraction of sp³-hybridized carbons (Fsp3) is 0.500. The van der Waals surface area contributed by atoms with Crippen molar-refractivity contribution in [1.29, 1.82) is 0 Å². The van der Waals surface area contributed by atoms with Gasteiger partial charge < -0.3 is 0 Å². The van der Waals surface area contributed by atoms with E-state index in [9.17, 15) is 0 Å². The Morgan fingerprint density at radius 2 is 1.57 bits per heavy atom. The van der Waals surface area contributed by atoms with E-state index in [4.69, 9.17) is 4.98 Å². The number of aromatic nitrogens is 2. The minimum atomic E-state index is -0.245. The maximum atomic E-state index is 5.39. The van der Waals surface area contributed by atoms with Crippen LogP contribution in [0, 0.1) is 31.1 Å². The Bertz CT molecular complexity index is 1970. The highest BCUT2D eigenvalue weighted by atomic mass is 15.1. The number of pyridine rings is 2. The minimum Gasteiger partial charge on any atom is -0.252 e. The normalized spacial score (nSPS) is 19.6. The molecule has 1 spiro atoms. The second-order valence-corrected chi connectivity index (χ2v) is 16.7. The maximum absolute atomic E-state index is 5.39. The lowest BCUT2D eigenvalue weighted by Crippen LogP contribution is -2.55. The van der Waals surface area contributed by atoms with Crippen LogP contribution >= 0.6 is 0 Å². The number of rotatable bonds is 7. The molecular formula is C44H55N2+. The molecule has 0 bridgehead atoms. The van der Waals surface area contributed by atoms with Crippen LogP contribution in [0.25, 0.3) is 32.9 Å². The van der Waals surface area contributed by atoms with Crippen molar-refractivity contribution in [3.05, 3.63) is 93.3 Å². The second kappa shape index (κ2) is 10.6. The van der Waals surface area contributed by atoms with Gasteiger partial charge in [-0.25, -0.2) is 0 Å². The average molecular weight is 612 g/mol. The fourth-order valence-electron chi connectivity index (χ4n) is 9.74. The van der Waals surface area contributed by atoms with E-state index in [1.807, 2.05) is 0 Å². The average Bonchev–Trinajstić information content (AvgIpc) is 3.23. The molecular weight excluding hydrogens is 556 g/mol. The van der Waals surface area contributed by atoms with Crippen LogP contribution in [0.5, 0.6) is 0 Å². The molecule has 1 aliphatic heterocycles. The van der Waals surface area contributed by atoms with Gasteiger partial charge in [0.15, 0.2) is 6.20 Å². The molecule has 4 aromatic rings. The van der Waals surface area contributed by atoms with E-state index >= 15 is 0 Å². The molecule has 2 aromatic carbocycles. The van der Waals surface area contributed by atoms with Gasteiger partial charge in [-0.2, -0.15) is 4.57 Å². The smallest absolute Gasteiger partial charge is 0.224 e. The lowest BCUT2D eigenvalue weighted by atomic mass is 9.66. The molecule has 46 heavy (non-hydrogen) atoms. The summed E-state index contributed by atoms with van der Waals surface area (Å²) >= 11 is 0. The monoisotopic (exact) mass is 611 g/mol. The molecule has 2 heteroatoms. The molecule has 7 rings (SSSR count). The number of aryl methyl sites for hydroxylation is 2. The first-order valence-corrected chi connectivity index (χ1v) is 18.2. The summed E-state index contributed by atoms with van der Waals surface area (Å²) in [6.07, 6.45) is 14.5. The van der Waals surface area contributed by atoms with Crippen molar-refractivity contribution in [2.45, 2.75) is 126 Å². The van der Waals surface area contributed by atoms with Gasteiger partial charge in [0.2, 0.25) is 11.2 Å². The molecule has 2 nitrogen and oxygen atoms in total.